The molecule has 0 fully saturated rings. The number of esters is 1. The van der Waals surface area contributed by atoms with Crippen molar-refractivity contribution < 1.29 is 19.4 Å². The number of ether oxygens (including phenoxy) is 1. The third-order valence-corrected chi connectivity index (χ3v) is 5.94. The number of rotatable bonds is 7. The average Bonchev–Trinajstić information content (AvgIpc) is 3.31. The van der Waals surface area contributed by atoms with Gasteiger partial charge in [0.25, 0.3) is 0 Å². The molecule has 2 amide bonds. The van der Waals surface area contributed by atoms with Crippen LogP contribution >= 0.6 is 22.7 Å². The van der Waals surface area contributed by atoms with Crippen LogP contribution in [0.5, 0.6) is 0 Å². The van der Waals surface area contributed by atoms with Crippen LogP contribution in [0.25, 0.3) is 10.1 Å². The summed E-state index contributed by atoms with van der Waals surface area (Å²) in [5, 5.41) is 17.7. The number of thiophene rings is 2. The van der Waals surface area contributed by atoms with Crippen LogP contribution in [0.4, 0.5) is 10.5 Å². The van der Waals surface area contributed by atoms with Gasteiger partial charge in [-0.1, -0.05) is 6.07 Å². The minimum Gasteiger partial charge on any atom is -0.462 e. The standard InChI is InChI=1S/C19H20N2O4S2/c1-2-25-18(23)17-11-12-10-13(5-6-15(12)27-17)20-19(24)21-14(7-8-22)16-4-3-9-26-16/h3-6,9-11,14,22H,2,7-8H2,1H3,(H2,20,21,24)/t14-/m1/s1. The van der Waals surface area contributed by atoms with Gasteiger partial charge in [0.05, 0.1) is 12.6 Å². The van der Waals surface area contributed by atoms with E-state index in [0.29, 0.717) is 23.6 Å². The van der Waals surface area contributed by atoms with Crippen LogP contribution in [-0.4, -0.2) is 30.3 Å². The molecule has 0 aliphatic carbocycles. The first kappa shape index (κ1) is 19.3. The normalized spacial score (nSPS) is 11.9. The van der Waals surface area contributed by atoms with E-state index in [1.807, 2.05) is 29.6 Å². The number of fused-ring (bicyclic) bond motifs is 1. The Morgan fingerprint density at radius 3 is 2.81 bits per heavy atom. The van der Waals surface area contributed by atoms with E-state index in [1.54, 1.807) is 19.1 Å². The minimum absolute atomic E-state index is 0.0135. The van der Waals surface area contributed by atoms with Crippen LogP contribution in [0.1, 0.15) is 33.9 Å². The Labute approximate surface area is 164 Å². The number of anilines is 1. The zero-order chi connectivity index (χ0) is 19.2. The second kappa shape index (κ2) is 8.98. The maximum absolute atomic E-state index is 12.4. The van der Waals surface area contributed by atoms with Crippen LogP contribution in [0.15, 0.2) is 41.8 Å². The Balaban J connectivity index is 1.69. The molecule has 0 unspecified atom stereocenters. The van der Waals surface area contributed by atoms with Gasteiger partial charge in [-0.2, -0.15) is 0 Å². The summed E-state index contributed by atoms with van der Waals surface area (Å²) >= 11 is 2.89. The second-order valence-electron chi connectivity index (χ2n) is 5.76. The highest BCUT2D eigenvalue weighted by molar-refractivity contribution is 7.20. The van der Waals surface area contributed by atoms with Crippen LogP contribution in [0, 0.1) is 0 Å². The summed E-state index contributed by atoms with van der Waals surface area (Å²) in [4.78, 5) is 25.7. The number of benzene rings is 1. The third kappa shape index (κ3) is 4.85. The lowest BCUT2D eigenvalue weighted by molar-refractivity contribution is 0.0532. The average molecular weight is 405 g/mol. The number of carbonyl (C=O) groups is 2. The Kier molecular flexibility index (Phi) is 6.44. The first-order chi connectivity index (χ1) is 13.1. The molecule has 0 saturated heterocycles. The molecule has 0 spiro atoms. The molecular formula is C19H20N2O4S2. The van der Waals surface area contributed by atoms with E-state index < -0.39 is 0 Å². The van der Waals surface area contributed by atoms with E-state index >= 15 is 0 Å². The van der Waals surface area contributed by atoms with Gasteiger partial charge in [-0.05, 0) is 54.4 Å². The fourth-order valence-corrected chi connectivity index (χ4v) is 4.40. The summed E-state index contributed by atoms with van der Waals surface area (Å²) in [5.41, 5.74) is 0.627. The summed E-state index contributed by atoms with van der Waals surface area (Å²) in [6.45, 7) is 2.09. The van der Waals surface area contributed by atoms with Gasteiger partial charge in [0, 0.05) is 21.9 Å². The van der Waals surface area contributed by atoms with Crippen LogP contribution < -0.4 is 10.6 Å². The number of urea groups is 1. The van der Waals surface area contributed by atoms with Gasteiger partial charge in [-0.3, -0.25) is 0 Å². The summed E-state index contributed by atoms with van der Waals surface area (Å²) in [6, 6.07) is 10.5. The number of hydrogen-bond donors (Lipinski definition) is 3. The van der Waals surface area contributed by atoms with Gasteiger partial charge in [-0.25, -0.2) is 9.59 Å². The highest BCUT2D eigenvalue weighted by Crippen LogP contribution is 2.29. The Hall–Kier alpha value is -2.42. The molecule has 0 aliphatic heterocycles. The summed E-state index contributed by atoms with van der Waals surface area (Å²) in [6.07, 6.45) is 0.445. The lowest BCUT2D eigenvalue weighted by Gasteiger charge is -2.17. The van der Waals surface area contributed by atoms with Crippen molar-refractivity contribution in [3.8, 4) is 0 Å². The highest BCUT2D eigenvalue weighted by Gasteiger charge is 2.16. The monoisotopic (exact) mass is 404 g/mol. The fourth-order valence-electron chi connectivity index (χ4n) is 2.65. The van der Waals surface area contributed by atoms with Gasteiger partial charge in [0.2, 0.25) is 0 Å². The van der Waals surface area contributed by atoms with Crippen molar-refractivity contribution in [3.05, 3.63) is 51.5 Å². The van der Waals surface area contributed by atoms with Gasteiger partial charge in [0.15, 0.2) is 0 Å². The summed E-state index contributed by atoms with van der Waals surface area (Å²) in [5.74, 6) is -0.339. The number of aliphatic hydroxyl groups is 1. The number of hydrogen-bond acceptors (Lipinski definition) is 6. The van der Waals surface area contributed by atoms with E-state index in [2.05, 4.69) is 10.6 Å². The van der Waals surface area contributed by atoms with E-state index in [1.165, 1.54) is 22.7 Å². The van der Waals surface area contributed by atoms with Crippen molar-refractivity contribution in [2.45, 2.75) is 19.4 Å². The molecular weight excluding hydrogens is 384 g/mol. The summed E-state index contributed by atoms with van der Waals surface area (Å²) in [7, 11) is 0. The number of amides is 2. The predicted molar refractivity (Wildman–Crippen MR) is 109 cm³/mol. The lowest BCUT2D eigenvalue weighted by Crippen LogP contribution is -2.32. The van der Waals surface area contributed by atoms with Crippen molar-refractivity contribution in [1.29, 1.82) is 0 Å². The molecule has 3 aromatic rings. The molecule has 27 heavy (non-hydrogen) atoms. The predicted octanol–water partition coefficient (Wildman–Crippen LogP) is 4.38. The zero-order valence-electron chi connectivity index (χ0n) is 14.7. The van der Waals surface area contributed by atoms with Crippen molar-refractivity contribution in [2.24, 2.45) is 0 Å². The molecule has 1 atom stereocenters. The Morgan fingerprint density at radius 2 is 2.11 bits per heavy atom. The highest BCUT2D eigenvalue weighted by atomic mass is 32.1. The minimum atomic E-state index is -0.345. The molecule has 0 radical (unpaired) electrons. The van der Waals surface area contributed by atoms with Crippen molar-refractivity contribution in [2.75, 3.05) is 18.5 Å². The van der Waals surface area contributed by atoms with E-state index in [0.717, 1.165) is 15.0 Å². The molecule has 2 aromatic heterocycles. The summed E-state index contributed by atoms with van der Waals surface area (Å²) < 4.78 is 5.97. The zero-order valence-corrected chi connectivity index (χ0v) is 16.4. The molecule has 3 rings (SSSR count). The molecule has 8 heteroatoms. The number of aliphatic hydroxyl groups excluding tert-OH is 1. The molecule has 142 valence electrons. The Morgan fingerprint density at radius 1 is 1.26 bits per heavy atom. The van der Waals surface area contributed by atoms with Gasteiger partial charge < -0.3 is 20.5 Å². The van der Waals surface area contributed by atoms with Crippen LogP contribution in [-0.2, 0) is 4.74 Å². The van der Waals surface area contributed by atoms with Gasteiger partial charge >= 0.3 is 12.0 Å². The molecule has 6 nitrogen and oxygen atoms in total. The van der Waals surface area contributed by atoms with E-state index in [9.17, 15) is 14.7 Å². The van der Waals surface area contributed by atoms with Crippen LogP contribution in [0.3, 0.4) is 0 Å². The smallest absolute Gasteiger partial charge is 0.348 e. The lowest BCUT2D eigenvalue weighted by atomic mass is 10.2. The van der Waals surface area contributed by atoms with Crippen LogP contribution in [0.2, 0.25) is 0 Å². The number of nitrogens with one attached hydrogen (secondary N) is 2. The van der Waals surface area contributed by atoms with E-state index in [4.69, 9.17) is 4.74 Å². The van der Waals surface area contributed by atoms with Gasteiger partial charge in [-0.15, -0.1) is 22.7 Å². The molecule has 0 aliphatic rings. The van der Waals surface area contributed by atoms with E-state index in [-0.39, 0.29) is 24.6 Å². The van der Waals surface area contributed by atoms with Gasteiger partial charge in [0.1, 0.15) is 4.88 Å². The molecule has 0 saturated carbocycles. The third-order valence-electron chi connectivity index (χ3n) is 3.86. The quantitative estimate of drug-likeness (QED) is 0.510. The molecule has 3 N–H and O–H groups in total. The van der Waals surface area contributed by atoms with Crippen molar-refractivity contribution in [1.82, 2.24) is 5.32 Å². The van der Waals surface area contributed by atoms with Crippen molar-refractivity contribution in [3.63, 3.8) is 0 Å². The maximum atomic E-state index is 12.4. The molecule has 1 aromatic carbocycles. The molecule has 0 bridgehead atoms. The topological polar surface area (TPSA) is 87.7 Å². The SMILES string of the molecule is CCOC(=O)c1cc2cc(NC(=O)N[C@H](CCO)c3cccs3)ccc2s1. The Bertz CT molecular complexity index is 921. The maximum Gasteiger partial charge on any atom is 0.348 e. The first-order valence-corrected chi connectivity index (χ1v) is 10.2. The number of carbonyl (C=O) groups excluding carboxylic acids is 2. The molecule has 2 heterocycles. The second-order valence-corrected chi connectivity index (χ2v) is 7.83. The largest absolute Gasteiger partial charge is 0.462 e. The first-order valence-electron chi connectivity index (χ1n) is 8.53. The fraction of sp³-hybridized carbons (Fsp3) is 0.263. The van der Waals surface area contributed by atoms with Crippen molar-refractivity contribution >= 4 is 50.4 Å².